The van der Waals surface area contributed by atoms with Crippen molar-refractivity contribution in [3.8, 4) is 0 Å². The molecule has 2 N–H and O–H groups in total. The van der Waals surface area contributed by atoms with Crippen molar-refractivity contribution in [1.82, 2.24) is 5.48 Å². The Morgan fingerprint density at radius 3 is 2.30 bits per heavy atom. The monoisotopic (exact) mass is 157 g/mol. The Kier molecular flexibility index (Phi) is 3.14. The summed E-state index contributed by atoms with van der Waals surface area (Å²) in [6.07, 6.45) is -6.29. The second-order valence-corrected chi connectivity index (χ2v) is 1.65. The van der Waals surface area contributed by atoms with Crippen LogP contribution in [0.3, 0.4) is 0 Å². The summed E-state index contributed by atoms with van der Waals surface area (Å²) in [5, 5.41) is 7.76. The van der Waals surface area contributed by atoms with Gasteiger partial charge >= 0.3 is 6.18 Å². The van der Waals surface area contributed by atoms with Crippen LogP contribution < -0.4 is 5.48 Å². The Bertz CT molecular complexity index is 122. The number of alkyl halides is 3. The van der Waals surface area contributed by atoms with Gasteiger partial charge in [0.2, 0.25) is 5.91 Å². The summed E-state index contributed by atoms with van der Waals surface area (Å²) in [6, 6.07) is 0. The third-order valence-corrected chi connectivity index (χ3v) is 0.760. The van der Waals surface area contributed by atoms with E-state index in [9.17, 15) is 18.0 Å². The first-order valence-corrected chi connectivity index (χ1v) is 2.45. The molecule has 0 fully saturated rings. The van der Waals surface area contributed by atoms with Crippen molar-refractivity contribution in [2.24, 2.45) is 0 Å². The highest BCUT2D eigenvalue weighted by Gasteiger charge is 2.27. The van der Waals surface area contributed by atoms with Gasteiger partial charge in [0.25, 0.3) is 0 Å². The Balaban J connectivity index is 3.46. The minimum absolute atomic E-state index is 0.736. The van der Waals surface area contributed by atoms with Crippen LogP contribution in [0.1, 0.15) is 12.8 Å². The van der Waals surface area contributed by atoms with Crippen LogP contribution in [0.25, 0.3) is 0 Å². The lowest BCUT2D eigenvalue weighted by atomic mass is 10.3. The van der Waals surface area contributed by atoms with Gasteiger partial charge in [-0.2, -0.15) is 13.2 Å². The maximum atomic E-state index is 11.3. The van der Waals surface area contributed by atoms with Crippen LogP contribution in [0.2, 0.25) is 0 Å². The van der Waals surface area contributed by atoms with Gasteiger partial charge < -0.3 is 0 Å². The fourth-order valence-electron chi connectivity index (χ4n) is 0.311. The molecule has 60 valence electrons. The molecule has 0 aromatic rings. The summed E-state index contributed by atoms with van der Waals surface area (Å²) in [5.41, 5.74) is 1.10. The minimum Gasteiger partial charge on any atom is -0.289 e. The van der Waals surface area contributed by atoms with Crippen LogP contribution in [0, 0.1) is 0 Å². The van der Waals surface area contributed by atoms with Crippen LogP contribution >= 0.6 is 0 Å². The van der Waals surface area contributed by atoms with Gasteiger partial charge in [0.05, 0.1) is 6.42 Å². The van der Waals surface area contributed by atoms with E-state index in [0.29, 0.717) is 0 Å². The maximum absolute atomic E-state index is 11.3. The Hall–Kier alpha value is -0.780. The summed E-state index contributed by atoms with van der Waals surface area (Å²) in [5.74, 6) is -1.03. The number of hydroxylamine groups is 1. The van der Waals surface area contributed by atoms with Crippen molar-refractivity contribution in [2.45, 2.75) is 19.0 Å². The number of carbonyl (C=O) groups excluding carboxylic acids is 1. The van der Waals surface area contributed by atoms with Gasteiger partial charge in [0.15, 0.2) is 0 Å². The Labute approximate surface area is 54.8 Å². The second kappa shape index (κ2) is 3.40. The molecule has 0 spiro atoms. The molecule has 1 amide bonds. The molecule has 0 unspecified atom stereocenters. The molecule has 0 atom stereocenters. The Morgan fingerprint density at radius 1 is 1.50 bits per heavy atom. The molecule has 10 heavy (non-hydrogen) atoms. The van der Waals surface area contributed by atoms with E-state index < -0.39 is 24.9 Å². The van der Waals surface area contributed by atoms with Gasteiger partial charge in [0.1, 0.15) is 0 Å². The van der Waals surface area contributed by atoms with Crippen molar-refractivity contribution < 1.29 is 23.2 Å². The SMILES string of the molecule is O=C(CCC(F)(F)F)NO. The third kappa shape index (κ3) is 5.36. The molecule has 0 aromatic carbocycles. The molecule has 0 aromatic heterocycles. The average Bonchev–Trinajstić information content (AvgIpc) is 1.81. The number of halogens is 3. The van der Waals surface area contributed by atoms with Crippen molar-refractivity contribution in [3.63, 3.8) is 0 Å². The average molecular weight is 157 g/mol. The highest BCUT2D eigenvalue weighted by Crippen LogP contribution is 2.20. The molecule has 0 rings (SSSR count). The molecule has 0 aliphatic rings. The van der Waals surface area contributed by atoms with E-state index in [1.54, 1.807) is 0 Å². The van der Waals surface area contributed by atoms with Gasteiger partial charge in [-0.05, 0) is 0 Å². The maximum Gasteiger partial charge on any atom is 0.389 e. The summed E-state index contributed by atoms with van der Waals surface area (Å²) >= 11 is 0. The van der Waals surface area contributed by atoms with Gasteiger partial charge in [0, 0.05) is 6.42 Å². The fraction of sp³-hybridized carbons (Fsp3) is 0.750. The third-order valence-electron chi connectivity index (χ3n) is 0.760. The molecular formula is C4H6F3NO2. The number of nitrogens with one attached hydrogen (secondary N) is 1. The van der Waals surface area contributed by atoms with E-state index in [-0.39, 0.29) is 0 Å². The zero-order valence-corrected chi connectivity index (χ0v) is 4.90. The van der Waals surface area contributed by atoms with E-state index in [0.717, 1.165) is 5.48 Å². The zero-order valence-electron chi connectivity index (χ0n) is 4.90. The molecule has 0 aliphatic heterocycles. The van der Waals surface area contributed by atoms with Gasteiger partial charge in [-0.1, -0.05) is 0 Å². The van der Waals surface area contributed by atoms with Crippen LogP contribution in [0.5, 0.6) is 0 Å². The molecule has 0 aliphatic carbocycles. The molecule has 0 heterocycles. The number of amides is 1. The van der Waals surface area contributed by atoms with Crippen LogP contribution in [-0.4, -0.2) is 17.3 Å². The zero-order chi connectivity index (χ0) is 8.20. The summed E-state index contributed by atoms with van der Waals surface area (Å²) < 4.78 is 33.9. The smallest absolute Gasteiger partial charge is 0.289 e. The number of rotatable bonds is 2. The van der Waals surface area contributed by atoms with Gasteiger partial charge in [-0.3, -0.25) is 10.0 Å². The highest BCUT2D eigenvalue weighted by molar-refractivity contribution is 5.74. The first-order valence-electron chi connectivity index (χ1n) is 2.45. The summed E-state index contributed by atoms with van der Waals surface area (Å²) in [4.78, 5) is 10.00. The van der Waals surface area contributed by atoms with Gasteiger partial charge in [-0.15, -0.1) is 0 Å². The van der Waals surface area contributed by atoms with E-state index in [4.69, 9.17) is 5.21 Å². The minimum atomic E-state index is -4.34. The van der Waals surface area contributed by atoms with Crippen molar-refractivity contribution in [3.05, 3.63) is 0 Å². The molecule has 3 nitrogen and oxygen atoms in total. The van der Waals surface area contributed by atoms with E-state index >= 15 is 0 Å². The van der Waals surface area contributed by atoms with Crippen molar-refractivity contribution >= 4 is 5.91 Å². The van der Waals surface area contributed by atoms with Crippen LogP contribution in [-0.2, 0) is 4.79 Å². The predicted octanol–water partition coefficient (Wildman–Crippen LogP) is 0.834. The number of hydrogen-bond acceptors (Lipinski definition) is 2. The van der Waals surface area contributed by atoms with Crippen LogP contribution in [0.15, 0.2) is 0 Å². The number of carbonyl (C=O) groups is 1. The topological polar surface area (TPSA) is 49.3 Å². The quantitative estimate of drug-likeness (QED) is 0.460. The Morgan fingerprint density at radius 2 is 2.00 bits per heavy atom. The lowest BCUT2D eigenvalue weighted by Gasteiger charge is -2.03. The van der Waals surface area contributed by atoms with Crippen LogP contribution in [0.4, 0.5) is 13.2 Å². The standard InChI is InChI=1S/C4H6F3NO2/c5-4(6,7)2-1-3(9)8-10/h10H,1-2H2,(H,8,9). The largest absolute Gasteiger partial charge is 0.389 e. The predicted molar refractivity (Wildman–Crippen MR) is 25.2 cm³/mol. The van der Waals surface area contributed by atoms with E-state index in [1.807, 2.05) is 0 Å². The molecule has 0 saturated carbocycles. The molecule has 6 heteroatoms. The van der Waals surface area contributed by atoms with E-state index in [1.165, 1.54) is 0 Å². The van der Waals surface area contributed by atoms with Gasteiger partial charge in [-0.25, -0.2) is 5.48 Å². The molecule has 0 radical (unpaired) electrons. The molecule has 0 saturated heterocycles. The molecule has 0 bridgehead atoms. The van der Waals surface area contributed by atoms with Crippen molar-refractivity contribution in [2.75, 3.05) is 0 Å². The molecular weight excluding hydrogens is 151 g/mol. The lowest BCUT2D eigenvalue weighted by Crippen LogP contribution is -2.21. The summed E-state index contributed by atoms with van der Waals surface area (Å²) in [6.45, 7) is 0. The van der Waals surface area contributed by atoms with E-state index in [2.05, 4.69) is 0 Å². The highest BCUT2D eigenvalue weighted by atomic mass is 19.4. The lowest BCUT2D eigenvalue weighted by molar-refractivity contribution is -0.147. The normalized spacial score (nSPS) is 11.2. The first kappa shape index (κ1) is 9.22. The van der Waals surface area contributed by atoms with Crippen molar-refractivity contribution in [1.29, 1.82) is 0 Å². The second-order valence-electron chi connectivity index (χ2n) is 1.65. The summed E-state index contributed by atoms with van der Waals surface area (Å²) in [7, 11) is 0. The number of hydrogen-bond donors (Lipinski definition) is 2. The first-order chi connectivity index (χ1) is 4.45. The fourth-order valence-corrected chi connectivity index (χ4v) is 0.311.